The lowest BCUT2D eigenvalue weighted by Gasteiger charge is -1.98. The van der Waals surface area contributed by atoms with Crippen molar-refractivity contribution in [2.45, 2.75) is 6.92 Å². The summed E-state index contributed by atoms with van der Waals surface area (Å²) < 4.78 is 11.6. The molecule has 0 spiro atoms. The van der Waals surface area contributed by atoms with Crippen molar-refractivity contribution in [2.75, 3.05) is 12.1 Å². The van der Waals surface area contributed by atoms with Crippen LogP contribution in [0.25, 0.3) is 16.3 Å². The normalized spacial score (nSPS) is 12.9. The number of nitrogens with zero attached hydrogens (tertiary/aromatic N) is 1. The SMILES string of the molecule is Cc1ccc2nc(NC(=O)/C=C/c3ccc4c(c3)OCO4)sc2c1. The zero-order valence-corrected chi connectivity index (χ0v) is 13.7. The fourth-order valence-corrected chi connectivity index (χ4v) is 3.39. The molecule has 1 amide bonds. The van der Waals surface area contributed by atoms with Gasteiger partial charge in [-0.3, -0.25) is 10.1 Å². The molecule has 2 aromatic carbocycles. The first kappa shape index (κ1) is 14.7. The van der Waals surface area contributed by atoms with Crippen LogP contribution in [0.1, 0.15) is 11.1 Å². The summed E-state index contributed by atoms with van der Waals surface area (Å²) in [6.07, 6.45) is 3.21. The summed E-state index contributed by atoms with van der Waals surface area (Å²) in [7, 11) is 0. The second-order valence-electron chi connectivity index (χ2n) is 5.43. The first-order valence-electron chi connectivity index (χ1n) is 7.43. The van der Waals surface area contributed by atoms with Crippen LogP contribution in [0.3, 0.4) is 0 Å². The van der Waals surface area contributed by atoms with Gasteiger partial charge >= 0.3 is 0 Å². The highest BCUT2D eigenvalue weighted by Crippen LogP contribution is 2.32. The summed E-state index contributed by atoms with van der Waals surface area (Å²) in [6, 6.07) is 11.6. The van der Waals surface area contributed by atoms with E-state index < -0.39 is 0 Å². The molecule has 120 valence electrons. The Morgan fingerprint density at radius 1 is 1.21 bits per heavy atom. The van der Waals surface area contributed by atoms with Gasteiger partial charge < -0.3 is 9.47 Å². The standard InChI is InChI=1S/C18H14N2O3S/c1-11-2-5-13-16(8-11)24-18(19-13)20-17(21)7-4-12-3-6-14-15(9-12)23-10-22-14/h2-9H,10H2,1H3,(H,19,20,21)/b7-4+. The first-order chi connectivity index (χ1) is 11.7. The minimum absolute atomic E-state index is 0.219. The van der Waals surface area contributed by atoms with Gasteiger partial charge in [-0.25, -0.2) is 4.98 Å². The maximum absolute atomic E-state index is 12.1. The summed E-state index contributed by atoms with van der Waals surface area (Å²) in [4.78, 5) is 16.5. The molecule has 1 aromatic heterocycles. The topological polar surface area (TPSA) is 60.5 Å². The Kier molecular flexibility index (Phi) is 3.66. The number of carbonyl (C=O) groups is 1. The van der Waals surface area contributed by atoms with Gasteiger partial charge in [0.15, 0.2) is 16.6 Å². The van der Waals surface area contributed by atoms with E-state index in [1.54, 1.807) is 6.08 Å². The molecule has 0 unspecified atom stereocenters. The molecule has 0 fully saturated rings. The maximum Gasteiger partial charge on any atom is 0.250 e. The van der Waals surface area contributed by atoms with Crippen LogP contribution in [0.5, 0.6) is 11.5 Å². The van der Waals surface area contributed by atoms with Gasteiger partial charge in [0.2, 0.25) is 12.7 Å². The second-order valence-corrected chi connectivity index (χ2v) is 6.46. The number of aryl methyl sites for hydroxylation is 1. The van der Waals surface area contributed by atoms with E-state index in [0.717, 1.165) is 21.5 Å². The third kappa shape index (κ3) is 2.96. The number of nitrogens with one attached hydrogen (secondary N) is 1. The highest BCUT2D eigenvalue weighted by atomic mass is 32.1. The molecule has 3 aromatic rings. The predicted octanol–water partition coefficient (Wildman–Crippen LogP) is 3.99. The Morgan fingerprint density at radius 2 is 2.08 bits per heavy atom. The number of hydrogen-bond acceptors (Lipinski definition) is 5. The van der Waals surface area contributed by atoms with Gasteiger partial charge in [0.05, 0.1) is 10.2 Å². The molecule has 1 aliphatic heterocycles. The van der Waals surface area contributed by atoms with Gasteiger partial charge in [-0.2, -0.15) is 0 Å². The summed E-state index contributed by atoms with van der Waals surface area (Å²) in [5.41, 5.74) is 2.93. The maximum atomic E-state index is 12.1. The largest absolute Gasteiger partial charge is 0.454 e. The molecule has 2 heterocycles. The number of amides is 1. The van der Waals surface area contributed by atoms with Crippen molar-refractivity contribution < 1.29 is 14.3 Å². The van der Waals surface area contributed by atoms with Crippen LogP contribution >= 0.6 is 11.3 Å². The van der Waals surface area contributed by atoms with Crippen molar-refractivity contribution in [3.8, 4) is 11.5 Å². The number of thiazole rings is 1. The van der Waals surface area contributed by atoms with E-state index in [2.05, 4.69) is 16.4 Å². The van der Waals surface area contributed by atoms with Crippen molar-refractivity contribution in [1.82, 2.24) is 4.98 Å². The third-order valence-corrected chi connectivity index (χ3v) is 4.53. The molecule has 6 heteroatoms. The van der Waals surface area contributed by atoms with Gasteiger partial charge in [0.25, 0.3) is 0 Å². The molecule has 0 atom stereocenters. The van der Waals surface area contributed by atoms with E-state index >= 15 is 0 Å². The molecular weight excluding hydrogens is 324 g/mol. The van der Waals surface area contributed by atoms with Crippen LogP contribution in [0.4, 0.5) is 5.13 Å². The van der Waals surface area contributed by atoms with Gasteiger partial charge in [0, 0.05) is 6.08 Å². The molecule has 0 radical (unpaired) electrons. The molecule has 4 rings (SSSR count). The summed E-state index contributed by atoms with van der Waals surface area (Å²) in [6.45, 7) is 2.27. The second kappa shape index (κ2) is 5.98. The van der Waals surface area contributed by atoms with Gasteiger partial charge in [-0.05, 0) is 48.4 Å². The van der Waals surface area contributed by atoms with Crippen LogP contribution in [-0.4, -0.2) is 17.7 Å². The molecule has 0 aliphatic carbocycles. The van der Waals surface area contributed by atoms with Gasteiger partial charge in [-0.15, -0.1) is 0 Å². The van der Waals surface area contributed by atoms with Crippen LogP contribution < -0.4 is 14.8 Å². The summed E-state index contributed by atoms with van der Waals surface area (Å²) >= 11 is 1.46. The summed E-state index contributed by atoms with van der Waals surface area (Å²) in [5.74, 6) is 1.20. The smallest absolute Gasteiger partial charge is 0.250 e. The van der Waals surface area contributed by atoms with Gasteiger partial charge in [0.1, 0.15) is 0 Å². The number of rotatable bonds is 3. The van der Waals surface area contributed by atoms with E-state index in [-0.39, 0.29) is 12.7 Å². The van der Waals surface area contributed by atoms with E-state index in [4.69, 9.17) is 9.47 Å². The molecule has 24 heavy (non-hydrogen) atoms. The van der Waals surface area contributed by atoms with E-state index in [0.29, 0.717) is 10.9 Å². The monoisotopic (exact) mass is 338 g/mol. The number of fused-ring (bicyclic) bond motifs is 2. The zero-order valence-electron chi connectivity index (χ0n) is 12.9. The molecule has 0 bridgehead atoms. The fourth-order valence-electron chi connectivity index (χ4n) is 2.42. The predicted molar refractivity (Wildman–Crippen MR) is 94.6 cm³/mol. The first-order valence-corrected chi connectivity index (χ1v) is 8.25. The van der Waals surface area contributed by atoms with Gasteiger partial charge in [-0.1, -0.05) is 23.5 Å². The fraction of sp³-hybridized carbons (Fsp3) is 0.111. The van der Waals surface area contributed by atoms with Crippen molar-refractivity contribution >= 4 is 38.7 Å². The minimum atomic E-state index is -0.219. The van der Waals surface area contributed by atoms with Crippen molar-refractivity contribution in [3.63, 3.8) is 0 Å². The Labute approximate surface area is 142 Å². The van der Waals surface area contributed by atoms with E-state index in [1.807, 2.05) is 37.3 Å². The molecule has 0 saturated carbocycles. The number of benzene rings is 2. The number of carbonyl (C=O) groups excluding carboxylic acids is 1. The quantitative estimate of drug-likeness (QED) is 0.734. The zero-order chi connectivity index (χ0) is 16.5. The lowest BCUT2D eigenvalue weighted by atomic mass is 10.2. The highest BCUT2D eigenvalue weighted by molar-refractivity contribution is 7.22. The molecule has 5 nitrogen and oxygen atoms in total. The third-order valence-electron chi connectivity index (χ3n) is 3.60. The Hall–Kier alpha value is -2.86. The van der Waals surface area contributed by atoms with Crippen LogP contribution in [0.2, 0.25) is 0 Å². The highest BCUT2D eigenvalue weighted by Gasteiger charge is 2.12. The Bertz CT molecular complexity index is 962. The Balaban J connectivity index is 1.47. The van der Waals surface area contributed by atoms with E-state index in [1.165, 1.54) is 23.0 Å². The van der Waals surface area contributed by atoms with Crippen molar-refractivity contribution in [3.05, 3.63) is 53.6 Å². The lowest BCUT2D eigenvalue weighted by Crippen LogP contribution is -2.07. The molecule has 1 aliphatic rings. The van der Waals surface area contributed by atoms with Crippen molar-refractivity contribution in [1.29, 1.82) is 0 Å². The average Bonchev–Trinajstić information content (AvgIpc) is 3.17. The number of aromatic nitrogens is 1. The van der Waals surface area contributed by atoms with Crippen LogP contribution in [0.15, 0.2) is 42.5 Å². The molecular formula is C18H14N2O3S. The molecule has 0 saturated heterocycles. The van der Waals surface area contributed by atoms with Crippen molar-refractivity contribution in [2.24, 2.45) is 0 Å². The molecule has 1 N–H and O–H groups in total. The van der Waals surface area contributed by atoms with Crippen LogP contribution in [-0.2, 0) is 4.79 Å². The van der Waals surface area contributed by atoms with Crippen LogP contribution in [0, 0.1) is 6.92 Å². The van der Waals surface area contributed by atoms with E-state index in [9.17, 15) is 4.79 Å². The summed E-state index contributed by atoms with van der Waals surface area (Å²) in [5, 5.41) is 3.39. The number of ether oxygens (including phenoxy) is 2. The average molecular weight is 338 g/mol. The number of anilines is 1. The number of hydrogen-bond donors (Lipinski definition) is 1. The lowest BCUT2D eigenvalue weighted by molar-refractivity contribution is -0.111. The Morgan fingerprint density at radius 3 is 3.00 bits per heavy atom. The minimum Gasteiger partial charge on any atom is -0.454 e.